The molecule has 0 fully saturated rings. The van der Waals surface area contributed by atoms with Gasteiger partial charge in [-0.2, -0.15) is 0 Å². The third-order valence-corrected chi connectivity index (χ3v) is 3.34. The van der Waals surface area contributed by atoms with Crippen molar-refractivity contribution in [3.63, 3.8) is 0 Å². The highest BCUT2D eigenvalue weighted by molar-refractivity contribution is 5.45. The number of hydrogen-bond acceptors (Lipinski definition) is 4. The Morgan fingerprint density at radius 1 is 1.05 bits per heavy atom. The molecule has 4 heteroatoms. The average molecular weight is 271 g/mol. The van der Waals surface area contributed by atoms with Crippen LogP contribution in [0.3, 0.4) is 0 Å². The zero-order valence-corrected chi connectivity index (χ0v) is 11.4. The average Bonchev–Trinajstić information content (AvgIpc) is 2.71. The highest BCUT2D eigenvalue weighted by Gasteiger charge is 2.16. The van der Waals surface area contributed by atoms with E-state index in [-0.39, 0.29) is 0 Å². The minimum Gasteiger partial charge on any atom is -0.490 e. The number of pyridine rings is 1. The molecule has 1 aliphatic heterocycles. The first-order valence-electron chi connectivity index (χ1n) is 6.74. The number of benzene rings is 1. The SMILES string of the molecule is Cc1ccc(C(O)c2ccc3c(c2)OCCCO3)cn1. The molecule has 1 N–H and O–H groups in total. The lowest BCUT2D eigenvalue weighted by Crippen LogP contribution is -2.02. The Labute approximate surface area is 118 Å². The highest BCUT2D eigenvalue weighted by atomic mass is 16.5. The number of fused-ring (bicyclic) bond motifs is 1. The number of aromatic nitrogens is 1. The van der Waals surface area contributed by atoms with Crippen LogP contribution < -0.4 is 9.47 Å². The van der Waals surface area contributed by atoms with Crippen molar-refractivity contribution in [2.24, 2.45) is 0 Å². The van der Waals surface area contributed by atoms with Gasteiger partial charge in [-0.3, -0.25) is 4.98 Å². The number of rotatable bonds is 2. The lowest BCUT2D eigenvalue weighted by molar-refractivity contribution is 0.219. The van der Waals surface area contributed by atoms with E-state index >= 15 is 0 Å². The molecule has 0 saturated carbocycles. The van der Waals surface area contributed by atoms with Crippen LogP contribution in [-0.4, -0.2) is 23.3 Å². The normalized spacial score (nSPS) is 15.5. The van der Waals surface area contributed by atoms with Crippen LogP contribution in [0.2, 0.25) is 0 Å². The van der Waals surface area contributed by atoms with Crippen molar-refractivity contribution in [2.45, 2.75) is 19.4 Å². The van der Waals surface area contributed by atoms with E-state index in [1.54, 1.807) is 6.20 Å². The predicted molar refractivity (Wildman–Crippen MR) is 75.1 cm³/mol. The van der Waals surface area contributed by atoms with Crippen molar-refractivity contribution < 1.29 is 14.6 Å². The summed E-state index contributed by atoms with van der Waals surface area (Å²) in [4.78, 5) is 4.21. The van der Waals surface area contributed by atoms with E-state index in [0.717, 1.165) is 29.0 Å². The van der Waals surface area contributed by atoms with Gasteiger partial charge >= 0.3 is 0 Å². The Morgan fingerprint density at radius 3 is 2.55 bits per heavy atom. The smallest absolute Gasteiger partial charge is 0.161 e. The summed E-state index contributed by atoms with van der Waals surface area (Å²) in [5.74, 6) is 1.43. The fourth-order valence-electron chi connectivity index (χ4n) is 2.18. The number of aliphatic hydroxyl groups is 1. The van der Waals surface area contributed by atoms with Crippen LogP contribution in [0, 0.1) is 6.92 Å². The second kappa shape index (κ2) is 5.51. The van der Waals surface area contributed by atoms with Crippen LogP contribution in [-0.2, 0) is 0 Å². The molecule has 3 rings (SSSR count). The van der Waals surface area contributed by atoms with Crippen molar-refractivity contribution >= 4 is 0 Å². The lowest BCUT2D eigenvalue weighted by atomic mass is 10.0. The Hall–Kier alpha value is -2.07. The van der Waals surface area contributed by atoms with Crippen molar-refractivity contribution in [1.29, 1.82) is 0 Å². The molecule has 20 heavy (non-hydrogen) atoms. The van der Waals surface area contributed by atoms with Gasteiger partial charge in [-0.25, -0.2) is 0 Å². The molecule has 0 bridgehead atoms. The molecule has 4 nitrogen and oxygen atoms in total. The second-order valence-corrected chi connectivity index (χ2v) is 4.89. The maximum atomic E-state index is 10.4. The molecule has 0 aliphatic carbocycles. The summed E-state index contributed by atoms with van der Waals surface area (Å²) in [6.07, 6.45) is 1.86. The van der Waals surface area contributed by atoms with Crippen LogP contribution in [0.1, 0.15) is 29.3 Å². The Kier molecular flexibility index (Phi) is 3.56. The summed E-state index contributed by atoms with van der Waals surface area (Å²) in [7, 11) is 0. The largest absolute Gasteiger partial charge is 0.490 e. The number of aliphatic hydroxyl groups excluding tert-OH is 1. The molecule has 1 aromatic carbocycles. The molecule has 1 aliphatic rings. The molecule has 104 valence electrons. The first kappa shape index (κ1) is 12.9. The van der Waals surface area contributed by atoms with Gasteiger partial charge in [-0.15, -0.1) is 0 Å². The zero-order valence-electron chi connectivity index (χ0n) is 11.4. The third-order valence-electron chi connectivity index (χ3n) is 3.34. The Balaban J connectivity index is 1.90. The van der Waals surface area contributed by atoms with E-state index in [0.29, 0.717) is 19.0 Å². The van der Waals surface area contributed by atoms with Gasteiger partial charge < -0.3 is 14.6 Å². The maximum Gasteiger partial charge on any atom is 0.161 e. The summed E-state index contributed by atoms with van der Waals surface area (Å²) in [5, 5.41) is 10.4. The minimum absolute atomic E-state index is 0.638. The summed E-state index contributed by atoms with van der Waals surface area (Å²) in [5.41, 5.74) is 2.48. The highest BCUT2D eigenvalue weighted by Crippen LogP contribution is 2.33. The molecule has 0 saturated heterocycles. The van der Waals surface area contributed by atoms with Gasteiger partial charge in [0.25, 0.3) is 0 Å². The first-order valence-corrected chi connectivity index (χ1v) is 6.74. The molecule has 2 aromatic rings. The summed E-state index contributed by atoms with van der Waals surface area (Å²) < 4.78 is 11.2. The Bertz CT molecular complexity index is 595. The fourth-order valence-corrected chi connectivity index (χ4v) is 2.18. The minimum atomic E-state index is -0.708. The van der Waals surface area contributed by atoms with Gasteiger partial charge in [0.15, 0.2) is 11.5 Å². The van der Waals surface area contributed by atoms with Gasteiger partial charge in [0.1, 0.15) is 6.10 Å². The Morgan fingerprint density at radius 2 is 1.80 bits per heavy atom. The molecule has 1 atom stereocenters. The van der Waals surface area contributed by atoms with E-state index < -0.39 is 6.10 Å². The van der Waals surface area contributed by atoms with Gasteiger partial charge in [-0.1, -0.05) is 12.1 Å². The lowest BCUT2D eigenvalue weighted by Gasteiger charge is -2.14. The van der Waals surface area contributed by atoms with Crippen LogP contribution in [0.5, 0.6) is 11.5 Å². The molecule has 1 aromatic heterocycles. The number of hydrogen-bond donors (Lipinski definition) is 1. The molecular weight excluding hydrogens is 254 g/mol. The van der Waals surface area contributed by atoms with E-state index in [9.17, 15) is 5.11 Å². The van der Waals surface area contributed by atoms with E-state index in [4.69, 9.17) is 9.47 Å². The van der Waals surface area contributed by atoms with Crippen molar-refractivity contribution in [1.82, 2.24) is 4.98 Å². The summed E-state index contributed by atoms with van der Waals surface area (Å²) >= 11 is 0. The molecule has 2 heterocycles. The monoisotopic (exact) mass is 271 g/mol. The zero-order chi connectivity index (χ0) is 13.9. The standard InChI is InChI=1S/C16H17NO3/c1-11-3-4-13(10-17-11)16(18)12-5-6-14-15(9-12)20-8-2-7-19-14/h3-6,9-10,16,18H,2,7-8H2,1H3. The van der Waals surface area contributed by atoms with Crippen molar-refractivity contribution in [3.05, 3.63) is 53.3 Å². The number of aryl methyl sites for hydroxylation is 1. The van der Waals surface area contributed by atoms with Crippen LogP contribution in [0.15, 0.2) is 36.5 Å². The van der Waals surface area contributed by atoms with Gasteiger partial charge in [0.05, 0.1) is 13.2 Å². The maximum absolute atomic E-state index is 10.4. The molecular formula is C16H17NO3. The predicted octanol–water partition coefficient (Wildman–Crippen LogP) is 2.63. The van der Waals surface area contributed by atoms with Crippen LogP contribution >= 0.6 is 0 Å². The van der Waals surface area contributed by atoms with Gasteiger partial charge in [-0.05, 0) is 30.7 Å². The molecule has 0 radical (unpaired) electrons. The van der Waals surface area contributed by atoms with Crippen molar-refractivity contribution in [3.8, 4) is 11.5 Å². The molecule has 1 unspecified atom stereocenters. The topological polar surface area (TPSA) is 51.6 Å². The van der Waals surface area contributed by atoms with E-state index in [1.807, 2.05) is 37.3 Å². The number of nitrogens with zero attached hydrogens (tertiary/aromatic N) is 1. The molecule has 0 amide bonds. The van der Waals surface area contributed by atoms with Gasteiger partial charge in [0.2, 0.25) is 0 Å². The van der Waals surface area contributed by atoms with Crippen molar-refractivity contribution in [2.75, 3.05) is 13.2 Å². The molecule has 0 spiro atoms. The fraction of sp³-hybridized carbons (Fsp3) is 0.312. The van der Waals surface area contributed by atoms with E-state index in [2.05, 4.69) is 4.98 Å². The quantitative estimate of drug-likeness (QED) is 0.912. The summed E-state index contributed by atoms with van der Waals surface area (Å²) in [6, 6.07) is 9.32. The summed E-state index contributed by atoms with van der Waals surface area (Å²) in [6.45, 7) is 3.22. The van der Waals surface area contributed by atoms with Crippen LogP contribution in [0.4, 0.5) is 0 Å². The van der Waals surface area contributed by atoms with E-state index in [1.165, 1.54) is 0 Å². The number of ether oxygens (including phenoxy) is 2. The third kappa shape index (κ3) is 2.60. The van der Waals surface area contributed by atoms with Crippen LogP contribution in [0.25, 0.3) is 0 Å². The second-order valence-electron chi connectivity index (χ2n) is 4.89. The van der Waals surface area contributed by atoms with Gasteiger partial charge in [0, 0.05) is 23.9 Å². The first-order chi connectivity index (χ1) is 9.74.